The Morgan fingerprint density at radius 2 is 2.00 bits per heavy atom. The number of nitrogens with zero attached hydrogens (tertiary/aromatic N) is 3. The molecule has 1 aliphatic heterocycles. The van der Waals surface area contributed by atoms with Crippen LogP contribution in [0.4, 0.5) is 18.0 Å². The number of halogens is 3. The molecule has 1 aromatic heterocycles. The second-order valence-electron chi connectivity index (χ2n) is 6.68. The number of carbonyl (C=O) groups excluding carboxylic acids is 1. The van der Waals surface area contributed by atoms with Gasteiger partial charge >= 0.3 is 12.3 Å². The molecule has 8 heteroatoms. The second kappa shape index (κ2) is 8.52. The van der Waals surface area contributed by atoms with Gasteiger partial charge < -0.3 is 9.64 Å². The van der Waals surface area contributed by atoms with Crippen LogP contribution in [0.2, 0.25) is 0 Å². The van der Waals surface area contributed by atoms with E-state index in [2.05, 4.69) is 15.9 Å². The number of unbranched alkanes of at least 4 members (excludes halogenated alkanes) is 1. The summed E-state index contributed by atoms with van der Waals surface area (Å²) in [5.74, 6) is 2.75. The highest BCUT2D eigenvalue weighted by Gasteiger charge is 2.30. The van der Waals surface area contributed by atoms with Crippen LogP contribution in [0.5, 0.6) is 0 Å². The zero-order valence-electron chi connectivity index (χ0n) is 15.9. The van der Waals surface area contributed by atoms with Gasteiger partial charge in [-0.2, -0.15) is 13.2 Å². The number of alkyl halides is 3. The summed E-state index contributed by atoms with van der Waals surface area (Å²) < 4.78 is 43.6. The summed E-state index contributed by atoms with van der Waals surface area (Å²) in [6.07, 6.45) is 2.95. The maximum atomic E-state index is 12.8. The number of hydrogen-bond donors (Lipinski definition) is 0. The van der Waals surface area contributed by atoms with Crippen LogP contribution < -0.4 is 0 Å². The number of carbonyl (C=O) groups is 1. The van der Waals surface area contributed by atoms with E-state index < -0.39 is 17.8 Å². The van der Waals surface area contributed by atoms with Crippen molar-refractivity contribution in [1.29, 1.82) is 0 Å². The van der Waals surface area contributed by atoms with Crippen molar-refractivity contribution in [1.82, 2.24) is 14.9 Å². The number of benzene rings is 1. The molecule has 1 amide bonds. The lowest BCUT2D eigenvalue weighted by molar-refractivity contribution is -0.137. The number of aromatic nitrogens is 2. The van der Waals surface area contributed by atoms with E-state index in [9.17, 15) is 18.0 Å². The molecule has 2 heterocycles. The van der Waals surface area contributed by atoms with E-state index in [1.807, 2.05) is 6.92 Å². The van der Waals surface area contributed by atoms with Gasteiger partial charge in [0.15, 0.2) is 5.82 Å². The minimum atomic E-state index is -4.42. The summed E-state index contributed by atoms with van der Waals surface area (Å²) in [5.41, 5.74) is 1.42. The van der Waals surface area contributed by atoms with Crippen LogP contribution in [0.25, 0.3) is 11.4 Å². The van der Waals surface area contributed by atoms with Crippen LogP contribution in [-0.4, -0.2) is 34.1 Å². The third-order valence-electron chi connectivity index (χ3n) is 4.65. The highest BCUT2D eigenvalue weighted by Crippen LogP contribution is 2.31. The first-order valence-electron chi connectivity index (χ1n) is 9.29. The Balaban J connectivity index is 1.87. The molecule has 3 rings (SSSR count). The van der Waals surface area contributed by atoms with Crippen LogP contribution in [0.15, 0.2) is 24.3 Å². The number of hydrogen-bond acceptors (Lipinski definition) is 4. The van der Waals surface area contributed by atoms with Crippen molar-refractivity contribution in [2.45, 2.75) is 38.9 Å². The minimum Gasteiger partial charge on any atom is -0.449 e. The molecule has 0 unspecified atom stereocenters. The summed E-state index contributed by atoms with van der Waals surface area (Å²) in [6, 6.07) is 4.57. The molecule has 5 nitrogen and oxygen atoms in total. The zero-order chi connectivity index (χ0) is 21.0. The predicted molar refractivity (Wildman–Crippen MR) is 101 cm³/mol. The van der Waals surface area contributed by atoms with E-state index in [-0.39, 0.29) is 12.4 Å². The molecule has 0 saturated heterocycles. The number of ether oxygens (including phenoxy) is 1. The highest BCUT2D eigenvalue weighted by molar-refractivity contribution is 5.68. The zero-order valence-corrected chi connectivity index (χ0v) is 15.9. The molecule has 0 saturated carbocycles. The number of amides is 1. The van der Waals surface area contributed by atoms with E-state index in [0.29, 0.717) is 36.5 Å². The smallest absolute Gasteiger partial charge is 0.416 e. The summed E-state index contributed by atoms with van der Waals surface area (Å²) in [4.78, 5) is 22.6. The topological polar surface area (TPSA) is 55.3 Å². The molecule has 0 aliphatic carbocycles. The molecule has 1 aromatic carbocycles. The Hall–Kier alpha value is -3.08. The minimum absolute atomic E-state index is 0.213. The molecule has 0 radical (unpaired) electrons. The van der Waals surface area contributed by atoms with Crippen LogP contribution in [0.1, 0.15) is 42.3 Å². The first-order valence-corrected chi connectivity index (χ1v) is 9.29. The van der Waals surface area contributed by atoms with E-state index in [4.69, 9.17) is 11.2 Å². The third kappa shape index (κ3) is 4.67. The Bertz CT molecular complexity index is 934. The molecule has 1 aliphatic rings. The molecule has 2 aromatic rings. The van der Waals surface area contributed by atoms with Crippen molar-refractivity contribution in [2.24, 2.45) is 0 Å². The van der Waals surface area contributed by atoms with Gasteiger partial charge in [0.1, 0.15) is 5.69 Å². The first kappa shape index (κ1) is 20.6. The largest absolute Gasteiger partial charge is 0.449 e. The Morgan fingerprint density at radius 1 is 1.28 bits per heavy atom. The summed E-state index contributed by atoms with van der Waals surface area (Å²) >= 11 is 0. The lowest BCUT2D eigenvalue weighted by atomic mass is 10.0. The number of fused-ring (bicyclic) bond motifs is 1. The molecular weight excluding hydrogens is 383 g/mol. The van der Waals surface area contributed by atoms with E-state index in [1.54, 1.807) is 4.90 Å². The lowest BCUT2D eigenvalue weighted by Gasteiger charge is -2.28. The molecule has 0 atom stereocenters. The fourth-order valence-corrected chi connectivity index (χ4v) is 3.04. The Morgan fingerprint density at radius 3 is 2.62 bits per heavy atom. The molecule has 0 bridgehead atoms. The Labute approximate surface area is 166 Å². The molecule has 152 valence electrons. The van der Waals surface area contributed by atoms with Crippen molar-refractivity contribution in [3.63, 3.8) is 0 Å². The fourth-order valence-electron chi connectivity index (χ4n) is 3.04. The van der Waals surface area contributed by atoms with Gasteiger partial charge in [0.05, 0.1) is 24.4 Å². The van der Waals surface area contributed by atoms with Gasteiger partial charge in [0, 0.05) is 17.7 Å². The predicted octanol–water partition coefficient (Wildman–Crippen LogP) is 4.44. The third-order valence-corrected chi connectivity index (χ3v) is 4.65. The standard InChI is InChI=1S/C21H20F3N3O2/c1-3-5-12-29-20(28)27-11-10-16-17(4-2)25-19(26-18(16)13-27)14-6-8-15(9-7-14)21(22,23)24/h2,6-9H,3,5,10-13H2,1H3. The monoisotopic (exact) mass is 403 g/mol. The van der Waals surface area contributed by atoms with Crippen molar-refractivity contribution in [3.8, 4) is 23.7 Å². The van der Waals surface area contributed by atoms with Crippen molar-refractivity contribution >= 4 is 6.09 Å². The van der Waals surface area contributed by atoms with Crippen LogP contribution >= 0.6 is 0 Å². The molecule has 0 fully saturated rings. The Kier molecular flexibility index (Phi) is 6.06. The number of terminal acetylenes is 1. The highest BCUT2D eigenvalue weighted by atomic mass is 19.4. The lowest BCUT2D eigenvalue weighted by Crippen LogP contribution is -2.37. The quantitative estimate of drug-likeness (QED) is 0.560. The average molecular weight is 403 g/mol. The first-order chi connectivity index (χ1) is 13.8. The maximum Gasteiger partial charge on any atom is 0.416 e. The van der Waals surface area contributed by atoms with Gasteiger partial charge in [-0.1, -0.05) is 25.5 Å². The van der Waals surface area contributed by atoms with Crippen molar-refractivity contribution in [2.75, 3.05) is 13.2 Å². The van der Waals surface area contributed by atoms with Crippen molar-refractivity contribution in [3.05, 3.63) is 46.8 Å². The maximum absolute atomic E-state index is 12.8. The van der Waals surface area contributed by atoms with Crippen molar-refractivity contribution < 1.29 is 22.7 Å². The van der Waals surface area contributed by atoms with Gasteiger partial charge in [-0.3, -0.25) is 0 Å². The van der Waals surface area contributed by atoms with Gasteiger partial charge in [0.2, 0.25) is 0 Å². The summed E-state index contributed by atoms with van der Waals surface area (Å²) in [5, 5.41) is 0. The normalized spacial score (nSPS) is 13.6. The van der Waals surface area contributed by atoms with Crippen LogP contribution in [0.3, 0.4) is 0 Å². The molecular formula is C21H20F3N3O2. The van der Waals surface area contributed by atoms with Gasteiger partial charge in [-0.25, -0.2) is 14.8 Å². The summed E-state index contributed by atoms with van der Waals surface area (Å²) in [6.45, 7) is 3.02. The number of rotatable bonds is 4. The van der Waals surface area contributed by atoms with Crippen LogP contribution in [0, 0.1) is 12.3 Å². The van der Waals surface area contributed by atoms with Crippen LogP contribution in [-0.2, 0) is 23.9 Å². The molecule has 29 heavy (non-hydrogen) atoms. The van der Waals surface area contributed by atoms with E-state index >= 15 is 0 Å². The SMILES string of the molecule is C#Cc1nc(-c2ccc(C(F)(F)F)cc2)nc2c1CCN(C(=O)OCCCC)C2. The fraction of sp³-hybridized carbons (Fsp3) is 0.381. The van der Waals surface area contributed by atoms with Gasteiger partial charge in [0.25, 0.3) is 0 Å². The molecule has 0 N–H and O–H groups in total. The van der Waals surface area contributed by atoms with Gasteiger partial charge in [-0.05, 0) is 30.9 Å². The van der Waals surface area contributed by atoms with E-state index in [1.165, 1.54) is 12.1 Å². The van der Waals surface area contributed by atoms with Gasteiger partial charge in [-0.15, -0.1) is 6.42 Å². The second-order valence-corrected chi connectivity index (χ2v) is 6.68. The summed E-state index contributed by atoms with van der Waals surface area (Å²) in [7, 11) is 0. The average Bonchev–Trinajstić information content (AvgIpc) is 2.72. The van der Waals surface area contributed by atoms with E-state index in [0.717, 1.165) is 30.5 Å². The molecule has 0 spiro atoms.